The first kappa shape index (κ1) is 11.8. The lowest BCUT2D eigenvalue weighted by atomic mass is 9.61. The Morgan fingerprint density at radius 1 is 1.16 bits per heavy atom. The van der Waals surface area contributed by atoms with Gasteiger partial charge in [-0.05, 0) is 52.0 Å². The van der Waals surface area contributed by atoms with Crippen LogP contribution in [0.5, 0.6) is 5.75 Å². The lowest BCUT2D eigenvalue weighted by Crippen LogP contribution is -2.58. The van der Waals surface area contributed by atoms with Crippen molar-refractivity contribution in [3.05, 3.63) is 29.8 Å². The molecule has 2 fully saturated rings. The predicted molar refractivity (Wildman–Crippen MR) is 74.2 cm³/mol. The molecule has 0 spiro atoms. The number of hydrogen-bond acceptors (Lipinski definition) is 2. The van der Waals surface area contributed by atoms with Crippen molar-refractivity contribution in [1.29, 1.82) is 0 Å². The Labute approximate surface area is 115 Å². The van der Waals surface area contributed by atoms with Gasteiger partial charge in [-0.2, -0.15) is 0 Å². The lowest BCUT2D eigenvalue weighted by Gasteiger charge is -2.58. The quantitative estimate of drug-likeness (QED) is 0.697. The molecule has 0 unspecified atom stereocenters. The number of rotatable bonds is 0. The van der Waals surface area contributed by atoms with E-state index in [-0.39, 0.29) is 17.3 Å². The van der Waals surface area contributed by atoms with Gasteiger partial charge in [0.05, 0.1) is 11.7 Å². The molecule has 1 saturated heterocycles. The molecule has 0 N–H and O–H groups in total. The maximum atomic E-state index is 6.52. The SMILES string of the molecule is CC1(C)O[C@H]2c3ccccc3O[C@@]3(C)CC[C@@H]1C[C@@H]23. The number of hydrogen-bond donors (Lipinski definition) is 0. The van der Waals surface area contributed by atoms with E-state index in [0.29, 0.717) is 11.8 Å². The number of para-hydroxylation sites is 1. The Kier molecular flexibility index (Phi) is 2.20. The molecule has 102 valence electrons. The van der Waals surface area contributed by atoms with Crippen LogP contribution in [0, 0.1) is 11.8 Å². The van der Waals surface area contributed by atoms with Gasteiger partial charge < -0.3 is 9.47 Å². The Hall–Kier alpha value is -1.02. The van der Waals surface area contributed by atoms with E-state index in [1.807, 2.05) is 0 Å². The maximum absolute atomic E-state index is 6.52. The van der Waals surface area contributed by atoms with Crippen molar-refractivity contribution in [2.24, 2.45) is 11.8 Å². The minimum atomic E-state index is -0.0357. The second kappa shape index (κ2) is 3.54. The van der Waals surface area contributed by atoms with Crippen LogP contribution in [0.1, 0.15) is 51.7 Å². The summed E-state index contributed by atoms with van der Waals surface area (Å²) in [6.45, 7) is 6.79. The zero-order chi connectivity index (χ0) is 13.3. The Morgan fingerprint density at radius 2 is 1.95 bits per heavy atom. The highest BCUT2D eigenvalue weighted by Gasteiger charge is 2.57. The van der Waals surface area contributed by atoms with Gasteiger partial charge in [-0.15, -0.1) is 0 Å². The van der Waals surface area contributed by atoms with E-state index in [1.54, 1.807) is 0 Å². The molecule has 19 heavy (non-hydrogen) atoms. The molecule has 2 heterocycles. The van der Waals surface area contributed by atoms with Crippen molar-refractivity contribution < 1.29 is 9.47 Å². The third kappa shape index (κ3) is 1.53. The van der Waals surface area contributed by atoms with Crippen LogP contribution in [0.2, 0.25) is 0 Å². The van der Waals surface area contributed by atoms with Crippen LogP contribution in [-0.2, 0) is 4.74 Å². The zero-order valence-corrected chi connectivity index (χ0v) is 12.0. The summed E-state index contributed by atoms with van der Waals surface area (Å²) < 4.78 is 12.9. The molecule has 4 rings (SSSR count). The fourth-order valence-corrected chi connectivity index (χ4v) is 4.37. The molecule has 1 aliphatic carbocycles. The van der Waals surface area contributed by atoms with Crippen LogP contribution in [0.3, 0.4) is 0 Å². The van der Waals surface area contributed by atoms with Crippen molar-refractivity contribution in [1.82, 2.24) is 0 Å². The fourth-order valence-electron chi connectivity index (χ4n) is 4.37. The van der Waals surface area contributed by atoms with Crippen molar-refractivity contribution in [3.63, 3.8) is 0 Å². The summed E-state index contributed by atoms with van der Waals surface area (Å²) in [4.78, 5) is 0. The van der Waals surface area contributed by atoms with Gasteiger partial charge in [-0.3, -0.25) is 0 Å². The Morgan fingerprint density at radius 3 is 2.79 bits per heavy atom. The third-order valence-corrected chi connectivity index (χ3v) is 5.66. The van der Waals surface area contributed by atoms with Gasteiger partial charge >= 0.3 is 0 Å². The van der Waals surface area contributed by atoms with Crippen LogP contribution in [-0.4, -0.2) is 11.2 Å². The van der Waals surface area contributed by atoms with Gasteiger partial charge in [-0.1, -0.05) is 18.2 Å². The second-order valence-electron chi connectivity index (χ2n) is 7.17. The number of benzene rings is 1. The molecule has 2 nitrogen and oxygen atoms in total. The summed E-state index contributed by atoms with van der Waals surface area (Å²) in [5.41, 5.74) is 1.21. The zero-order valence-electron chi connectivity index (χ0n) is 12.0. The first-order valence-electron chi connectivity index (χ1n) is 7.45. The van der Waals surface area contributed by atoms with Crippen LogP contribution in [0.15, 0.2) is 24.3 Å². The van der Waals surface area contributed by atoms with Crippen LogP contribution in [0.4, 0.5) is 0 Å². The highest BCUT2D eigenvalue weighted by Crippen LogP contribution is 2.59. The summed E-state index contributed by atoms with van der Waals surface area (Å²) in [5, 5.41) is 0. The molecule has 2 heteroatoms. The second-order valence-corrected chi connectivity index (χ2v) is 7.17. The van der Waals surface area contributed by atoms with E-state index in [2.05, 4.69) is 45.0 Å². The maximum Gasteiger partial charge on any atom is 0.125 e. The minimum Gasteiger partial charge on any atom is -0.487 e. The standard InChI is InChI=1S/C17H22O2/c1-16(2)11-8-9-17(3)13(10-11)15(19-16)12-6-4-5-7-14(12)18-17/h4-7,11,13,15H,8-10H2,1-3H3/t11-,13+,15+,17+/m1/s1. The van der Waals surface area contributed by atoms with Crippen molar-refractivity contribution in [3.8, 4) is 5.75 Å². The molecule has 1 aromatic carbocycles. The van der Waals surface area contributed by atoms with Crippen LogP contribution >= 0.6 is 0 Å². The number of ether oxygens (including phenoxy) is 2. The molecule has 1 saturated carbocycles. The molecule has 3 aliphatic rings. The topological polar surface area (TPSA) is 18.5 Å². The van der Waals surface area contributed by atoms with E-state index in [0.717, 1.165) is 12.2 Å². The van der Waals surface area contributed by atoms with E-state index in [1.165, 1.54) is 18.4 Å². The van der Waals surface area contributed by atoms with Gasteiger partial charge in [0.2, 0.25) is 0 Å². The average Bonchev–Trinajstić information content (AvgIpc) is 2.36. The molecular formula is C17H22O2. The van der Waals surface area contributed by atoms with Crippen LogP contribution < -0.4 is 4.74 Å². The van der Waals surface area contributed by atoms with Crippen LogP contribution in [0.25, 0.3) is 0 Å². The summed E-state index contributed by atoms with van der Waals surface area (Å²) in [7, 11) is 0. The summed E-state index contributed by atoms with van der Waals surface area (Å²) >= 11 is 0. The highest BCUT2D eigenvalue weighted by atomic mass is 16.5. The molecule has 4 atom stereocenters. The van der Waals surface area contributed by atoms with E-state index in [9.17, 15) is 0 Å². The van der Waals surface area contributed by atoms with Gasteiger partial charge in [0, 0.05) is 11.5 Å². The average molecular weight is 258 g/mol. The first-order chi connectivity index (χ1) is 9.00. The van der Waals surface area contributed by atoms with E-state index < -0.39 is 0 Å². The van der Waals surface area contributed by atoms with Crippen molar-refractivity contribution in [2.75, 3.05) is 0 Å². The van der Waals surface area contributed by atoms with Gasteiger partial charge in [0.1, 0.15) is 11.4 Å². The molecule has 2 aliphatic heterocycles. The Balaban J connectivity index is 1.86. The monoisotopic (exact) mass is 258 g/mol. The molecule has 0 radical (unpaired) electrons. The van der Waals surface area contributed by atoms with E-state index >= 15 is 0 Å². The molecule has 0 amide bonds. The third-order valence-electron chi connectivity index (χ3n) is 5.66. The highest BCUT2D eigenvalue weighted by molar-refractivity contribution is 5.40. The van der Waals surface area contributed by atoms with Gasteiger partial charge in [-0.25, -0.2) is 0 Å². The van der Waals surface area contributed by atoms with Gasteiger partial charge in [0.15, 0.2) is 0 Å². The normalized spacial score (nSPS) is 42.2. The minimum absolute atomic E-state index is 0.00700. The Bertz CT molecular complexity index is 522. The molecule has 1 aromatic rings. The summed E-state index contributed by atoms with van der Waals surface area (Å²) in [6, 6.07) is 8.41. The number of fused-ring (bicyclic) bond motifs is 3. The lowest BCUT2D eigenvalue weighted by molar-refractivity contribution is -0.237. The fraction of sp³-hybridized carbons (Fsp3) is 0.647. The van der Waals surface area contributed by atoms with Crippen molar-refractivity contribution in [2.45, 2.75) is 57.3 Å². The smallest absolute Gasteiger partial charge is 0.125 e. The summed E-state index contributed by atoms with van der Waals surface area (Å²) in [5.74, 6) is 2.22. The van der Waals surface area contributed by atoms with Crippen molar-refractivity contribution >= 4 is 0 Å². The van der Waals surface area contributed by atoms with E-state index in [4.69, 9.17) is 9.47 Å². The first-order valence-corrected chi connectivity index (χ1v) is 7.45. The van der Waals surface area contributed by atoms with Gasteiger partial charge in [0.25, 0.3) is 0 Å². The predicted octanol–water partition coefficient (Wildman–Crippen LogP) is 4.10. The molecular weight excluding hydrogens is 236 g/mol. The largest absolute Gasteiger partial charge is 0.487 e. The molecule has 2 bridgehead atoms. The molecule has 0 aromatic heterocycles. The summed E-state index contributed by atoms with van der Waals surface area (Å²) in [6.07, 6.45) is 3.82.